The SMILES string of the molecule is Cc1nn(C)c(C)c1C(=O)C1=CCCCCC1. The highest BCUT2D eigenvalue weighted by Gasteiger charge is 2.20. The van der Waals surface area contributed by atoms with Gasteiger partial charge in [0.1, 0.15) is 0 Å². The van der Waals surface area contributed by atoms with E-state index in [4.69, 9.17) is 0 Å². The average Bonchev–Trinajstić information content (AvgIpc) is 2.52. The van der Waals surface area contributed by atoms with E-state index in [1.807, 2.05) is 20.9 Å². The number of carbonyl (C=O) groups is 1. The standard InChI is InChI=1S/C14H20N2O/c1-10-13(11(2)16(3)15-10)14(17)12-8-6-4-5-7-9-12/h8H,4-7,9H2,1-3H3. The number of ketones is 1. The second-order valence-electron chi connectivity index (χ2n) is 4.83. The van der Waals surface area contributed by atoms with E-state index in [2.05, 4.69) is 11.2 Å². The summed E-state index contributed by atoms with van der Waals surface area (Å²) in [4.78, 5) is 12.5. The van der Waals surface area contributed by atoms with Crippen molar-refractivity contribution in [2.45, 2.75) is 46.0 Å². The lowest BCUT2D eigenvalue weighted by Gasteiger charge is -2.05. The van der Waals surface area contributed by atoms with Crippen molar-refractivity contribution in [1.82, 2.24) is 9.78 Å². The zero-order valence-electron chi connectivity index (χ0n) is 10.9. The number of aromatic nitrogens is 2. The van der Waals surface area contributed by atoms with E-state index in [-0.39, 0.29) is 5.78 Å². The van der Waals surface area contributed by atoms with Crippen molar-refractivity contribution in [1.29, 1.82) is 0 Å². The molecule has 0 fully saturated rings. The highest BCUT2D eigenvalue weighted by atomic mass is 16.1. The molecule has 0 aliphatic heterocycles. The van der Waals surface area contributed by atoms with Gasteiger partial charge in [-0.05, 0) is 45.1 Å². The molecule has 3 heteroatoms. The molecule has 0 N–H and O–H groups in total. The Hall–Kier alpha value is -1.38. The van der Waals surface area contributed by atoms with E-state index in [0.717, 1.165) is 41.8 Å². The summed E-state index contributed by atoms with van der Waals surface area (Å²) in [6, 6.07) is 0. The molecule has 1 aliphatic carbocycles. The van der Waals surface area contributed by atoms with Gasteiger partial charge in [-0.3, -0.25) is 9.48 Å². The molecule has 2 rings (SSSR count). The number of hydrogen-bond acceptors (Lipinski definition) is 2. The van der Waals surface area contributed by atoms with Crippen molar-refractivity contribution < 1.29 is 4.79 Å². The van der Waals surface area contributed by atoms with E-state index in [1.54, 1.807) is 4.68 Å². The molecule has 0 atom stereocenters. The van der Waals surface area contributed by atoms with Gasteiger partial charge >= 0.3 is 0 Å². The molecule has 3 nitrogen and oxygen atoms in total. The molecule has 1 aromatic rings. The average molecular weight is 232 g/mol. The molecule has 0 saturated carbocycles. The molecule has 1 aliphatic rings. The summed E-state index contributed by atoms with van der Waals surface area (Å²) in [6.45, 7) is 3.88. The maximum absolute atomic E-state index is 12.5. The van der Waals surface area contributed by atoms with Crippen molar-refractivity contribution in [3.63, 3.8) is 0 Å². The number of hydrogen-bond donors (Lipinski definition) is 0. The highest BCUT2D eigenvalue weighted by molar-refractivity contribution is 6.10. The van der Waals surface area contributed by atoms with Crippen LogP contribution in [0.3, 0.4) is 0 Å². The molecule has 92 valence electrons. The monoisotopic (exact) mass is 232 g/mol. The van der Waals surface area contributed by atoms with E-state index in [9.17, 15) is 4.79 Å². The maximum atomic E-state index is 12.5. The lowest BCUT2D eigenvalue weighted by molar-refractivity contribution is 0.102. The van der Waals surface area contributed by atoms with Gasteiger partial charge < -0.3 is 0 Å². The van der Waals surface area contributed by atoms with Crippen LogP contribution in [0, 0.1) is 13.8 Å². The minimum Gasteiger partial charge on any atom is -0.289 e. The van der Waals surface area contributed by atoms with Gasteiger partial charge in [-0.15, -0.1) is 0 Å². The highest BCUT2D eigenvalue weighted by Crippen LogP contribution is 2.23. The number of nitrogens with zero attached hydrogens (tertiary/aromatic N) is 2. The summed E-state index contributed by atoms with van der Waals surface area (Å²) >= 11 is 0. The second kappa shape index (κ2) is 4.86. The van der Waals surface area contributed by atoms with Gasteiger partial charge in [0.2, 0.25) is 0 Å². The minimum atomic E-state index is 0.190. The van der Waals surface area contributed by atoms with Gasteiger partial charge in [0.25, 0.3) is 0 Å². The summed E-state index contributed by atoms with van der Waals surface area (Å²) in [5.74, 6) is 0.190. The molecule has 17 heavy (non-hydrogen) atoms. The van der Waals surface area contributed by atoms with Gasteiger partial charge in [0, 0.05) is 12.7 Å². The van der Waals surface area contributed by atoms with Crippen LogP contribution in [0.5, 0.6) is 0 Å². The third-order valence-electron chi connectivity index (χ3n) is 3.57. The van der Waals surface area contributed by atoms with Crippen LogP contribution in [0.1, 0.15) is 53.8 Å². The fourth-order valence-corrected chi connectivity index (χ4v) is 2.48. The first-order chi connectivity index (χ1) is 8.11. The van der Waals surface area contributed by atoms with Crippen LogP contribution in [-0.4, -0.2) is 15.6 Å². The third kappa shape index (κ3) is 2.33. The summed E-state index contributed by atoms with van der Waals surface area (Å²) in [7, 11) is 1.89. The van der Waals surface area contributed by atoms with Crippen molar-refractivity contribution >= 4 is 5.78 Å². The number of Topliss-reactive ketones (excluding diaryl/α,β-unsaturated/α-hetero) is 1. The number of carbonyl (C=O) groups excluding carboxylic acids is 1. The summed E-state index contributed by atoms with van der Waals surface area (Å²) in [5, 5.41) is 4.32. The van der Waals surface area contributed by atoms with Crippen LogP contribution in [0.4, 0.5) is 0 Å². The number of allylic oxidation sites excluding steroid dienone is 2. The van der Waals surface area contributed by atoms with Crippen LogP contribution < -0.4 is 0 Å². The fraction of sp³-hybridized carbons (Fsp3) is 0.571. The lowest BCUT2D eigenvalue weighted by Crippen LogP contribution is -2.06. The number of aryl methyl sites for hydroxylation is 2. The Labute approximate surface area is 103 Å². The molecular formula is C14H20N2O. The first kappa shape index (κ1) is 12.1. The Bertz CT molecular complexity index is 469. The summed E-state index contributed by atoms with van der Waals surface area (Å²) in [5.41, 5.74) is 3.61. The smallest absolute Gasteiger partial charge is 0.192 e. The maximum Gasteiger partial charge on any atom is 0.192 e. The van der Waals surface area contributed by atoms with Crippen LogP contribution in [0.15, 0.2) is 11.6 Å². The van der Waals surface area contributed by atoms with E-state index in [0.29, 0.717) is 0 Å². The normalized spacial score (nSPS) is 16.5. The van der Waals surface area contributed by atoms with Gasteiger partial charge in [0.05, 0.1) is 11.3 Å². The summed E-state index contributed by atoms with van der Waals surface area (Å²) < 4.78 is 1.79. The van der Waals surface area contributed by atoms with E-state index in [1.165, 1.54) is 12.8 Å². The molecule has 1 aromatic heterocycles. The Morgan fingerprint density at radius 2 is 2.06 bits per heavy atom. The molecule has 0 unspecified atom stereocenters. The molecule has 0 saturated heterocycles. The molecule has 0 radical (unpaired) electrons. The second-order valence-corrected chi connectivity index (χ2v) is 4.83. The lowest BCUT2D eigenvalue weighted by atomic mass is 9.98. The predicted molar refractivity (Wildman–Crippen MR) is 68.2 cm³/mol. The van der Waals surface area contributed by atoms with E-state index < -0.39 is 0 Å². The van der Waals surface area contributed by atoms with Crippen LogP contribution in [-0.2, 0) is 7.05 Å². The van der Waals surface area contributed by atoms with Crippen LogP contribution >= 0.6 is 0 Å². The zero-order chi connectivity index (χ0) is 12.4. The van der Waals surface area contributed by atoms with Crippen molar-refractivity contribution in [3.05, 3.63) is 28.6 Å². The molecule has 0 spiro atoms. The molecule has 0 bridgehead atoms. The first-order valence-electron chi connectivity index (χ1n) is 6.35. The van der Waals surface area contributed by atoms with Gasteiger partial charge in [-0.25, -0.2) is 0 Å². The molecular weight excluding hydrogens is 212 g/mol. The van der Waals surface area contributed by atoms with Gasteiger partial charge in [0.15, 0.2) is 5.78 Å². The quantitative estimate of drug-likeness (QED) is 0.734. The Morgan fingerprint density at radius 3 is 2.71 bits per heavy atom. The summed E-state index contributed by atoms with van der Waals surface area (Å²) in [6.07, 6.45) is 7.67. The van der Waals surface area contributed by atoms with Crippen LogP contribution in [0.2, 0.25) is 0 Å². The molecule has 0 amide bonds. The number of rotatable bonds is 2. The van der Waals surface area contributed by atoms with Crippen LogP contribution in [0.25, 0.3) is 0 Å². The first-order valence-corrected chi connectivity index (χ1v) is 6.35. The zero-order valence-corrected chi connectivity index (χ0v) is 10.9. The molecule has 0 aromatic carbocycles. The fourth-order valence-electron chi connectivity index (χ4n) is 2.48. The topological polar surface area (TPSA) is 34.9 Å². The van der Waals surface area contributed by atoms with Gasteiger partial charge in [-0.1, -0.05) is 12.5 Å². The molecule has 1 heterocycles. The largest absolute Gasteiger partial charge is 0.289 e. The van der Waals surface area contributed by atoms with E-state index >= 15 is 0 Å². The van der Waals surface area contributed by atoms with Crippen molar-refractivity contribution in [2.24, 2.45) is 7.05 Å². The van der Waals surface area contributed by atoms with Gasteiger partial charge in [-0.2, -0.15) is 5.10 Å². The van der Waals surface area contributed by atoms with Crippen molar-refractivity contribution in [3.8, 4) is 0 Å². The predicted octanol–water partition coefficient (Wildman–Crippen LogP) is 3.11. The Balaban J connectivity index is 2.33. The van der Waals surface area contributed by atoms with Crippen molar-refractivity contribution in [2.75, 3.05) is 0 Å². The Morgan fingerprint density at radius 1 is 1.29 bits per heavy atom. The minimum absolute atomic E-state index is 0.190. The Kier molecular flexibility index (Phi) is 3.46. The third-order valence-corrected chi connectivity index (χ3v) is 3.57.